The molecular formula is C24H20BrN3O3. The van der Waals surface area contributed by atoms with Crippen LogP contribution in [0.2, 0.25) is 0 Å². The van der Waals surface area contributed by atoms with Crippen LogP contribution in [0.4, 0.5) is 5.69 Å². The highest BCUT2D eigenvalue weighted by Crippen LogP contribution is 2.28. The predicted octanol–water partition coefficient (Wildman–Crippen LogP) is 5.00. The van der Waals surface area contributed by atoms with Gasteiger partial charge in [-0.2, -0.15) is 5.26 Å². The van der Waals surface area contributed by atoms with Crippen molar-refractivity contribution in [1.29, 1.82) is 5.26 Å². The molecule has 0 spiro atoms. The van der Waals surface area contributed by atoms with Crippen LogP contribution in [0.5, 0.6) is 11.5 Å². The molecule has 7 heteroatoms. The van der Waals surface area contributed by atoms with Gasteiger partial charge in [-0.05, 0) is 60.2 Å². The molecule has 0 aliphatic rings. The lowest BCUT2D eigenvalue weighted by Gasteiger charge is -2.21. The standard InChI is InChI=1S/C24H20BrN3O3/c1-30-23-16-18(5-11-22(23)31-15-13-26)6-12-24(29)28(17-20-4-2-3-14-27-20)21-9-7-19(25)8-10-21/h2-12,14,16H,15,17H2,1H3/b12-6+. The zero-order chi connectivity index (χ0) is 22.1. The Kier molecular flexibility index (Phi) is 7.79. The summed E-state index contributed by atoms with van der Waals surface area (Å²) < 4.78 is 11.6. The molecule has 0 saturated heterocycles. The van der Waals surface area contributed by atoms with Gasteiger partial charge in [0.25, 0.3) is 5.91 Å². The number of amides is 1. The average molecular weight is 478 g/mol. The van der Waals surface area contributed by atoms with Crippen LogP contribution in [0, 0.1) is 11.3 Å². The van der Waals surface area contributed by atoms with Crippen LogP contribution in [0.25, 0.3) is 6.08 Å². The molecule has 0 atom stereocenters. The fraction of sp³-hybridized carbons (Fsp3) is 0.125. The molecule has 1 aromatic heterocycles. The number of benzene rings is 2. The van der Waals surface area contributed by atoms with Gasteiger partial charge in [-0.25, -0.2) is 0 Å². The van der Waals surface area contributed by atoms with Gasteiger partial charge >= 0.3 is 0 Å². The van der Waals surface area contributed by atoms with Crippen LogP contribution in [0.15, 0.2) is 77.4 Å². The van der Waals surface area contributed by atoms with Crippen LogP contribution in [-0.2, 0) is 11.3 Å². The van der Waals surface area contributed by atoms with Crippen molar-refractivity contribution in [2.45, 2.75) is 6.54 Å². The summed E-state index contributed by atoms with van der Waals surface area (Å²) in [6.07, 6.45) is 4.93. The number of carbonyl (C=O) groups excluding carboxylic acids is 1. The Morgan fingerprint density at radius 2 is 1.97 bits per heavy atom. The van der Waals surface area contributed by atoms with Crippen molar-refractivity contribution in [2.24, 2.45) is 0 Å². The number of rotatable bonds is 8. The van der Waals surface area contributed by atoms with E-state index in [0.29, 0.717) is 18.0 Å². The molecule has 0 unspecified atom stereocenters. The van der Waals surface area contributed by atoms with E-state index in [2.05, 4.69) is 20.9 Å². The first-order valence-electron chi connectivity index (χ1n) is 9.43. The van der Waals surface area contributed by atoms with Crippen LogP contribution in [0.1, 0.15) is 11.3 Å². The number of methoxy groups -OCH3 is 1. The van der Waals surface area contributed by atoms with Gasteiger partial charge < -0.3 is 14.4 Å². The molecule has 0 fully saturated rings. The van der Waals surface area contributed by atoms with Crippen molar-refractivity contribution in [2.75, 3.05) is 18.6 Å². The first kappa shape index (κ1) is 22.1. The maximum Gasteiger partial charge on any atom is 0.251 e. The SMILES string of the molecule is COc1cc(/C=C/C(=O)N(Cc2ccccn2)c2ccc(Br)cc2)ccc1OCC#N. The van der Waals surface area contributed by atoms with E-state index in [1.807, 2.05) is 48.5 Å². The molecule has 2 aromatic carbocycles. The average Bonchev–Trinajstić information content (AvgIpc) is 2.81. The lowest BCUT2D eigenvalue weighted by atomic mass is 10.1. The van der Waals surface area contributed by atoms with Gasteiger partial charge in [-0.15, -0.1) is 0 Å². The summed E-state index contributed by atoms with van der Waals surface area (Å²) in [7, 11) is 1.52. The van der Waals surface area contributed by atoms with Crippen molar-refractivity contribution >= 4 is 33.6 Å². The highest BCUT2D eigenvalue weighted by atomic mass is 79.9. The number of carbonyl (C=O) groups is 1. The number of halogens is 1. The van der Waals surface area contributed by atoms with E-state index in [1.54, 1.807) is 35.4 Å². The number of nitrogens with zero attached hydrogens (tertiary/aromatic N) is 3. The first-order valence-corrected chi connectivity index (χ1v) is 10.2. The van der Waals surface area contributed by atoms with Crippen molar-refractivity contribution in [3.05, 3.63) is 88.7 Å². The predicted molar refractivity (Wildman–Crippen MR) is 123 cm³/mol. The largest absolute Gasteiger partial charge is 0.493 e. The second kappa shape index (κ2) is 11.0. The van der Waals surface area contributed by atoms with Gasteiger partial charge in [-0.3, -0.25) is 9.78 Å². The maximum absolute atomic E-state index is 13.1. The van der Waals surface area contributed by atoms with Crippen LogP contribution >= 0.6 is 15.9 Å². The quantitative estimate of drug-likeness (QED) is 0.426. The third-order valence-electron chi connectivity index (χ3n) is 4.35. The normalized spacial score (nSPS) is 10.5. The molecule has 31 heavy (non-hydrogen) atoms. The van der Waals surface area contributed by atoms with Gasteiger partial charge in [0.1, 0.15) is 6.07 Å². The minimum atomic E-state index is -0.184. The molecule has 1 amide bonds. The molecule has 6 nitrogen and oxygen atoms in total. The Labute approximate surface area is 189 Å². The van der Waals surface area contributed by atoms with Crippen LogP contribution in [-0.4, -0.2) is 24.6 Å². The Morgan fingerprint density at radius 3 is 2.65 bits per heavy atom. The second-order valence-corrected chi connectivity index (χ2v) is 7.33. The van der Waals surface area contributed by atoms with E-state index in [0.717, 1.165) is 21.4 Å². The van der Waals surface area contributed by atoms with Crippen LogP contribution < -0.4 is 14.4 Å². The van der Waals surface area contributed by atoms with E-state index >= 15 is 0 Å². The summed E-state index contributed by atoms with van der Waals surface area (Å²) in [5.41, 5.74) is 2.32. The zero-order valence-electron chi connectivity index (χ0n) is 16.9. The first-order chi connectivity index (χ1) is 15.1. The molecule has 156 valence electrons. The number of aromatic nitrogens is 1. The molecule has 3 aromatic rings. The highest BCUT2D eigenvalue weighted by molar-refractivity contribution is 9.10. The van der Waals surface area contributed by atoms with Gasteiger partial charge in [0.05, 0.1) is 19.3 Å². The van der Waals surface area contributed by atoms with E-state index < -0.39 is 0 Å². The Bertz CT molecular complexity index is 1090. The van der Waals surface area contributed by atoms with Crippen molar-refractivity contribution in [3.8, 4) is 17.6 Å². The lowest BCUT2D eigenvalue weighted by Crippen LogP contribution is -2.29. The molecule has 0 saturated carbocycles. The monoisotopic (exact) mass is 477 g/mol. The minimum Gasteiger partial charge on any atom is -0.493 e. The van der Waals surface area contributed by atoms with Crippen LogP contribution in [0.3, 0.4) is 0 Å². The third-order valence-corrected chi connectivity index (χ3v) is 4.88. The van der Waals surface area contributed by atoms with Gasteiger partial charge in [-0.1, -0.05) is 28.1 Å². The van der Waals surface area contributed by atoms with E-state index in [-0.39, 0.29) is 12.5 Å². The smallest absolute Gasteiger partial charge is 0.251 e. The zero-order valence-corrected chi connectivity index (χ0v) is 18.5. The van der Waals surface area contributed by atoms with E-state index in [1.165, 1.54) is 13.2 Å². The minimum absolute atomic E-state index is 0.0697. The van der Waals surface area contributed by atoms with E-state index in [9.17, 15) is 4.79 Å². The number of ether oxygens (including phenoxy) is 2. The number of anilines is 1. The molecular weight excluding hydrogens is 458 g/mol. The van der Waals surface area contributed by atoms with Gasteiger partial charge in [0.2, 0.25) is 0 Å². The molecule has 1 heterocycles. The summed E-state index contributed by atoms with van der Waals surface area (Å²) in [5, 5.41) is 8.68. The molecule has 0 bridgehead atoms. The summed E-state index contributed by atoms with van der Waals surface area (Å²) in [5.74, 6) is 0.777. The van der Waals surface area contributed by atoms with Crippen molar-refractivity contribution in [3.63, 3.8) is 0 Å². The summed E-state index contributed by atoms with van der Waals surface area (Å²) in [6, 6.07) is 20.3. The molecule has 0 N–H and O–H groups in total. The maximum atomic E-state index is 13.1. The summed E-state index contributed by atoms with van der Waals surface area (Å²) in [4.78, 5) is 19.1. The topological polar surface area (TPSA) is 75.4 Å². The number of pyridine rings is 1. The van der Waals surface area contributed by atoms with Gasteiger partial charge in [0.15, 0.2) is 18.1 Å². The second-order valence-electron chi connectivity index (χ2n) is 6.41. The lowest BCUT2D eigenvalue weighted by molar-refractivity contribution is -0.114. The van der Waals surface area contributed by atoms with Crippen molar-refractivity contribution in [1.82, 2.24) is 4.98 Å². The number of hydrogen-bond acceptors (Lipinski definition) is 5. The molecule has 0 aliphatic heterocycles. The fourth-order valence-corrected chi connectivity index (χ4v) is 3.11. The third kappa shape index (κ3) is 6.17. The number of nitriles is 1. The Balaban J connectivity index is 1.83. The van der Waals surface area contributed by atoms with Gasteiger partial charge in [0, 0.05) is 22.4 Å². The summed E-state index contributed by atoms with van der Waals surface area (Å²) in [6.45, 7) is 0.273. The number of hydrogen-bond donors (Lipinski definition) is 0. The molecule has 3 rings (SSSR count). The molecule has 0 aliphatic carbocycles. The highest BCUT2D eigenvalue weighted by Gasteiger charge is 2.15. The Morgan fingerprint density at radius 1 is 1.16 bits per heavy atom. The summed E-state index contributed by atoms with van der Waals surface area (Å²) >= 11 is 3.43. The van der Waals surface area contributed by atoms with E-state index in [4.69, 9.17) is 14.7 Å². The van der Waals surface area contributed by atoms with Crippen molar-refractivity contribution < 1.29 is 14.3 Å². The fourth-order valence-electron chi connectivity index (χ4n) is 2.85. The molecule has 0 radical (unpaired) electrons. The Hall–Kier alpha value is -3.63.